The molecule has 0 saturated heterocycles. The Balaban J connectivity index is 1.93. The molecule has 2 aromatic heterocycles. The highest BCUT2D eigenvalue weighted by Crippen LogP contribution is 2.11. The number of aromatic nitrogens is 1. The van der Waals surface area contributed by atoms with Gasteiger partial charge in [-0.2, -0.15) is 11.3 Å². The Morgan fingerprint density at radius 3 is 3.19 bits per heavy atom. The van der Waals surface area contributed by atoms with E-state index in [4.69, 9.17) is 9.26 Å². The lowest BCUT2D eigenvalue weighted by atomic mass is 10.3. The van der Waals surface area contributed by atoms with E-state index in [-0.39, 0.29) is 11.7 Å². The number of amides is 1. The van der Waals surface area contributed by atoms with Gasteiger partial charge in [-0.1, -0.05) is 0 Å². The summed E-state index contributed by atoms with van der Waals surface area (Å²) in [5.74, 6) is 0.134. The number of carbonyl (C=O) groups is 1. The zero-order chi connectivity index (χ0) is 11.4. The molecule has 2 rings (SSSR count). The Labute approximate surface area is 96.0 Å². The van der Waals surface area contributed by atoms with Crippen LogP contribution in [0.15, 0.2) is 27.4 Å². The summed E-state index contributed by atoms with van der Waals surface area (Å²) >= 11 is 1.59. The highest BCUT2D eigenvalue weighted by Gasteiger charge is 2.12. The molecule has 0 aliphatic heterocycles. The molecular formula is C10H10N2O3S. The first-order chi connectivity index (χ1) is 7.79. The highest BCUT2D eigenvalue weighted by atomic mass is 32.1. The number of hydrogen-bond acceptors (Lipinski definition) is 5. The summed E-state index contributed by atoms with van der Waals surface area (Å²) in [4.78, 5) is 11.6. The van der Waals surface area contributed by atoms with Crippen molar-refractivity contribution in [3.8, 4) is 5.88 Å². The van der Waals surface area contributed by atoms with E-state index >= 15 is 0 Å². The predicted molar refractivity (Wildman–Crippen MR) is 58.5 cm³/mol. The standard InChI is InChI=1S/C10H10N2O3S/c1-14-9-4-8(15-12-9)10(13)11-5-7-2-3-16-6-7/h2-4,6H,5H2,1H3,(H,11,13). The monoisotopic (exact) mass is 238 g/mol. The van der Waals surface area contributed by atoms with Crippen molar-refractivity contribution in [2.45, 2.75) is 6.54 Å². The number of rotatable bonds is 4. The summed E-state index contributed by atoms with van der Waals surface area (Å²) in [5.41, 5.74) is 1.06. The molecule has 0 saturated carbocycles. The van der Waals surface area contributed by atoms with Gasteiger partial charge in [-0.3, -0.25) is 4.79 Å². The van der Waals surface area contributed by atoms with Gasteiger partial charge in [-0.25, -0.2) is 0 Å². The van der Waals surface area contributed by atoms with Gasteiger partial charge in [0.05, 0.1) is 13.2 Å². The second kappa shape index (κ2) is 4.80. The summed E-state index contributed by atoms with van der Waals surface area (Å²) in [6, 6.07) is 3.40. The maximum Gasteiger partial charge on any atom is 0.290 e. The molecule has 6 heteroatoms. The van der Waals surface area contributed by atoms with E-state index in [1.807, 2.05) is 16.8 Å². The summed E-state index contributed by atoms with van der Waals surface area (Å²) in [6.07, 6.45) is 0. The zero-order valence-corrected chi connectivity index (χ0v) is 9.41. The molecule has 1 N–H and O–H groups in total. The number of methoxy groups -OCH3 is 1. The van der Waals surface area contributed by atoms with E-state index in [2.05, 4.69) is 10.5 Å². The van der Waals surface area contributed by atoms with Gasteiger partial charge in [0, 0.05) is 6.54 Å². The Morgan fingerprint density at radius 2 is 2.56 bits per heavy atom. The Hall–Kier alpha value is -1.82. The molecule has 0 unspecified atom stereocenters. The molecule has 0 spiro atoms. The van der Waals surface area contributed by atoms with Crippen molar-refractivity contribution < 1.29 is 14.1 Å². The fourth-order valence-corrected chi connectivity index (χ4v) is 1.79. The average molecular weight is 238 g/mol. The van der Waals surface area contributed by atoms with Crippen LogP contribution in [0.5, 0.6) is 5.88 Å². The zero-order valence-electron chi connectivity index (χ0n) is 8.60. The van der Waals surface area contributed by atoms with E-state index in [0.29, 0.717) is 12.4 Å². The molecule has 0 fully saturated rings. The lowest BCUT2D eigenvalue weighted by Gasteiger charge is -1.99. The van der Waals surface area contributed by atoms with Gasteiger partial charge >= 0.3 is 0 Å². The lowest BCUT2D eigenvalue weighted by molar-refractivity contribution is 0.0913. The van der Waals surface area contributed by atoms with Crippen LogP contribution in [0.25, 0.3) is 0 Å². The molecule has 5 nitrogen and oxygen atoms in total. The lowest BCUT2D eigenvalue weighted by Crippen LogP contribution is -2.21. The third-order valence-electron chi connectivity index (χ3n) is 1.95. The SMILES string of the molecule is COc1cc(C(=O)NCc2ccsc2)on1. The molecule has 1 amide bonds. The smallest absolute Gasteiger partial charge is 0.290 e. The predicted octanol–water partition coefficient (Wildman–Crippen LogP) is 1.67. The van der Waals surface area contributed by atoms with Crippen molar-refractivity contribution in [2.24, 2.45) is 0 Å². The normalized spacial score (nSPS) is 10.1. The quantitative estimate of drug-likeness (QED) is 0.880. The first kappa shape index (κ1) is 10.7. The van der Waals surface area contributed by atoms with Crippen molar-refractivity contribution in [3.63, 3.8) is 0 Å². The summed E-state index contributed by atoms with van der Waals surface area (Å²) in [5, 5.41) is 10.2. The van der Waals surface area contributed by atoms with Gasteiger partial charge < -0.3 is 14.6 Å². The van der Waals surface area contributed by atoms with E-state index in [1.165, 1.54) is 13.2 Å². The molecule has 0 bridgehead atoms. The van der Waals surface area contributed by atoms with Crippen molar-refractivity contribution >= 4 is 17.2 Å². The molecule has 0 atom stereocenters. The average Bonchev–Trinajstić information content (AvgIpc) is 2.96. The first-order valence-corrected chi connectivity index (χ1v) is 5.54. The first-order valence-electron chi connectivity index (χ1n) is 4.59. The second-order valence-corrected chi connectivity index (χ2v) is 3.83. The van der Waals surface area contributed by atoms with E-state index < -0.39 is 0 Å². The van der Waals surface area contributed by atoms with Gasteiger partial charge in [0.25, 0.3) is 11.8 Å². The number of hydrogen-bond donors (Lipinski definition) is 1. The van der Waals surface area contributed by atoms with E-state index in [9.17, 15) is 4.79 Å². The van der Waals surface area contributed by atoms with Crippen LogP contribution in [0.2, 0.25) is 0 Å². The molecule has 0 aliphatic carbocycles. The van der Waals surface area contributed by atoms with Crippen molar-refractivity contribution in [2.75, 3.05) is 7.11 Å². The Bertz CT molecular complexity index is 464. The maximum absolute atomic E-state index is 11.6. The molecule has 84 valence electrons. The van der Waals surface area contributed by atoms with Crippen molar-refractivity contribution in [3.05, 3.63) is 34.2 Å². The molecule has 2 heterocycles. The second-order valence-electron chi connectivity index (χ2n) is 3.05. The summed E-state index contributed by atoms with van der Waals surface area (Å²) in [7, 11) is 1.46. The van der Waals surface area contributed by atoms with Crippen molar-refractivity contribution in [1.29, 1.82) is 0 Å². The van der Waals surface area contributed by atoms with E-state index in [1.54, 1.807) is 11.3 Å². The molecule has 2 aromatic rings. The maximum atomic E-state index is 11.6. The number of nitrogens with zero attached hydrogens (tertiary/aromatic N) is 1. The number of carbonyl (C=O) groups excluding carboxylic acids is 1. The van der Waals surface area contributed by atoms with Crippen LogP contribution in [0.1, 0.15) is 16.1 Å². The van der Waals surface area contributed by atoms with Crippen LogP contribution in [0, 0.1) is 0 Å². The minimum Gasteiger partial charge on any atom is -0.479 e. The molecule has 16 heavy (non-hydrogen) atoms. The minimum absolute atomic E-state index is 0.145. The number of nitrogens with one attached hydrogen (secondary N) is 1. The van der Waals surface area contributed by atoms with Crippen LogP contribution in [0.4, 0.5) is 0 Å². The Kier molecular flexibility index (Phi) is 3.21. The summed E-state index contributed by atoms with van der Waals surface area (Å²) < 4.78 is 9.61. The fraction of sp³-hybridized carbons (Fsp3) is 0.200. The molecule has 0 aliphatic rings. The summed E-state index contributed by atoms with van der Waals surface area (Å²) in [6.45, 7) is 0.478. The van der Waals surface area contributed by atoms with Crippen LogP contribution in [0.3, 0.4) is 0 Å². The highest BCUT2D eigenvalue weighted by molar-refractivity contribution is 7.07. The van der Waals surface area contributed by atoms with Gasteiger partial charge in [0.15, 0.2) is 0 Å². The third kappa shape index (κ3) is 2.40. The Morgan fingerprint density at radius 1 is 1.69 bits per heavy atom. The van der Waals surface area contributed by atoms with Crippen LogP contribution in [-0.2, 0) is 6.54 Å². The van der Waals surface area contributed by atoms with E-state index in [0.717, 1.165) is 5.56 Å². The van der Waals surface area contributed by atoms with Gasteiger partial charge in [-0.15, -0.1) is 0 Å². The van der Waals surface area contributed by atoms with Crippen LogP contribution in [-0.4, -0.2) is 18.2 Å². The fourth-order valence-electron chi connectivity index (χ4n) is 1.12. The minimum atomic E-state index is -0.304. The largest absolute Gasteiger partial charge is 0.479 e. The van der Waals surface area contributed by atoms with Crippen molar-refractivity contribution in [1.82, 2.24) is 10.5 Å². The van der Waals surface area contributed by atoms with Gasteiger partial charge in [-0.05, 0) is 27.5 Å². The van der Waals surface area contributed by atoms with Gasteiger partial charge in [0.1, 0.15) is 0 Å². The van der Waals surface area contributed by atoms with Gasteiger partial charge in [0.2, 0.25) is 5.76 Å². The topological polar surface area (TPSA) is 64.4 Å². The number of thiophene rings is 1. The molecule has 0 radical (unpaired) electrons. The van der Waals surface area contributed by atoms with Crippen LogP contribution < -0.4 is 10.1 Å². The number of ether oxygens (including phenoxy) is 1. The molecular weight excluding hydrogens is 228 g/mol. The third-order valence-corrected chi connectivity index (χ3v) is 2.69. The van der Waals surface area contributed by atoms with Crippen LogP contribution >= 0.6 is 11.3 Å². The molecule has 0 aromatic carbocycles.